The van der Waals surface area contributed by atoms with Crippen LogP contribution < -0.4 is 9.97 Å². The summed E-state index contributed by atoms with van der Waals surface area (Å²) in [6.45, 7) is -4.69. The fraction of sp³-hybridized carbons (Fsp3) is 0.0312. The zero-order valence-electron chi connectivity index (χ0n) is 43.5. The number of aromatic nitrogens is 6. The summed E-state index contributed by atoms with van der Waals surface area (Å²) in [5.74, 6) is 0.895. The maximum absolute atomic E-state index is 8.35. The summed E-state index contributed by atoms with van der Waals surface area (Å²) < 4.78 is 50.1. The van der Waals surface area contributed by atoms with Crippen LogP contribution in [-0.2, 0) is 21.1 Å². The predicted molar refractivity (Wildman–Crippen MR) is 289 cm³/mol. The second-order valence-corrected chi connectivity index (χ2v) is 18.2. The number of aryl methyl sites for hydroxylation is 2. The number of benzene rings is 10. The van der Waals surface area contributed by atoms with E-state index in [0.717, 1.165) is 86.9 Å². The summed E-state index contributed by atoms with van der Waals surface area (Å²) in [5.41, 5.74) is 9.72. The summed E-state index contributed by atoms with van der Waals surface area (Å²) in [5, 5.41) is 11.3. The molecule has 71 heavy (non-hydrogen) atoms. The summed E-state index contributed by atoms with van der Waals surface area (Å²) in [7, 11) is 0. The Kier molecular flexibility index (Phi) is 7.87. The van der Waals surface area contributed by atoms with Crippen LogP contribution in [0.2, 0.25) is 0 Å². The monoisotopic (exact) mass is 1090 g/mol. The van der Waals surface area contributed by atoms with Crippen molar-refractivity contribution in [3.8, 4) is 67.5 Å². The van der Waals surface area contributed by atoms with E-state index in [-0.39, 0.29) is 32.2 Å². The van der Waals surface area contributed by atoms with Gasteiger partial charge in [0.15, 0.2) is 0 Å². The van der Waals surface area contributed by atoms with Crippen molar-refractivity contribution in [1.82, 2.24) is 29.9 Å². The second kappa shape index (κ2) is 15.7. The Hall–Kier alpha value is -8.57. The van der Waals surface area contributed by atoms with Gasteiger partial charge in [-0.2, -0.15) is 0 Å². The molecule has 6 nitrogen and oxygen atoms in total. The van der Waals surface area contributed by atoms with Gasteiger partial charge in [0.05, 0.1) is 23.0 Å². The van der Waals surface area contributed by atoms with Crippen molar-refractivity contribution in [3.05, 3.63) is 205 Å². The van der Waals surface area contributed by atoms with Crippen LogP contribution in [0.5, 0.6) is 0 Å². The molecule has 0 saturated carbocycles. The van der Waals surface area contributed by atoms with Gasteiger partial charge in [-0.1, -0.05) is 157 Å². The van der Waals surface area contributed by atoms with E-state index in [9.17, 15) is 0 Å². The predicted octanol–water partition coefficient (Wildman–Crippen LogP) is 15.9. The molecule has 10 aromatic carbocycles. The number of rotatable bonds is 2. The number of nitrogens with zero attached hydrogens (tertiary/aromatic N) is 6. The molecule has 0 spiro atoms. The molecule has 2 aliphatic heterocycles. The SMILES string of the molecule is [2H]C([2H])([2H])c1ccc(-c2c3nc(c(-c4ccc(C([2H])([2H])[2H])cc4)c4[n-]c(nc5nc(nc6[n-]c2c2cc7ccccc7cc62)-c2cc6ccccc6cc2-5)c2cc5ccccc5cc42)-c2cc4ccccc4cc2-3)cc1.[Pt+2]. The number of fused-ring (bicyclic) bond motifs is 24. The first-order chi connectivity index (χ1) is 36.9. The molecule has 5 heterocycles. The summed E-state index contributed by atoms with van der Waals surface area (Å²) in [4.78, 5) is 33.2. The molecular weight excluding hydrogens is 1050 g/mol. The van der Waals surface area contributed by atoms with Crippen LogP contribution in [0.4, 0.5) is 0 Å². The van der Waals surface area contributed by atoms with E-state index in [2.05, 4.69) is 97.1 Å². The first-order valence-corrected chi connectivity index (χ1v) is 23.3. The second-order valence-electron chi connectivity index (χ2n) is 18.2. The van der Waals surface area contributed by atoms with Crippen LogP contribution in [0.1, 0.15) is 19.4 Å². The van der Waals surface area contributed by atoms with Crippen LogP contribution in [0.15, 0.2) is 194 Å². The zero-order chi connectivity index (χ0) is 51.2. The molecule has 0 unspecified atom stereocenters. The maximum Gasteiger partial charge on any atom is 2.00 e. The van der Waals surface area contributed by atoms with E-state index in [1.807, 2.05) is 72.8 Å². The van der Waals surface area contributed by atoms with E-state index in [4.69, 9.17) is 38.1 Å². The van der Waals surface area contributed by atoms with Crippen LogP contribution in [0.25, 0.3) is 155 Å². The van der Waals surface area contributed by atoms with Crippen molar-refractivity contribution >= 4 is 87.0 Å². The van der Waals surface area contributed by atoms with Crippen molar-refractivity contribution in [2.24, 2.45) is 0 Å². The van der Waals surface area contributed by atoms with Crippen LogP contribution in [0, 0.1) is 13.7 Å². The Morgan fingerprint density at radius 1 is 0.338 bits per heavy atom. The third-order valence-corrected chi connectivity index (χ3v) is 14.1. The first-order valence-electron chi connectivity index (χ1n) is 26.3. The number of hydrogen-bond acceptors (Lipinski definition) is 4. The van der Waals surface area contributed by atoms with Gasteiger partial charge in [-0.3, -0.25) is 4.98 Å². The normalized spacial score (nSPS) is 13.6. The molecule has 8 bridgehead atoms. The van der Waals surface area contributed by atoms with E-state index < -0.39 is 13.7 Å². The molecule has 2 aliphatic rings. The van der Waals surface area contributed by atoms with Crippen molar-refractivity contribution in [3.63, 3.8) is 0 Å². The van der Waals surface area contributed by atoms with Crippen LogP contribution in [-0.4, -0.2) is 19.9 Å². The van der Waals surface area contributed by atoms with Crippen LogP contribution >= 0.6 is 0 Å². The topological polar surface area (TPSA) is 79.8 Å². The summed E-state index contributed by atoms with van der Waals surface area (Å²) in [6.07, 6.45) is 0. The smallest absolute Gasteiger partial charge is 0.435 e. The minimum Gasteiger partial charge on any atom is -0.435 e. The van der Waals surface area contributed by atoms with E-state index in [0.29, 0.717) is 67.6 Å². The molecular formula is C64H38N6Pt. The summed E-state index contributed by atoms with van der Waals surface area (Å²) in [6, 6.07) is 64.0. The molecule has 0 saturated heterocycles. The van der Waals surface area contributed by atoms with E-state index in [1.54, 1.807) is 24.3 Å². The minimum atomic E-state index is -2.35. The zero-order valence-corrected chi connectivity index (χ0v) is 39.7. The fourth-order valence-electron chi connectivity index (χ4n) is 10.7. The molecule has 0 fully saturated rings. The Balaban J connectivity index is 0.00000540. The van der Waals surface area contributed by atoms with Crippen LogP contribution in [0.3, 0.4) is 0 Å². The molecule has 0 N–H and O–H groups in total. The third kappa shape index (κ3) is 6.45. The maximum atomic E-state index is 8.35. The largest absolute Gasteiger partial charge is 2.00 e. The van der Waals surface area contributed by atoms with E-state index >= 15 is 0 Å². The van der Waals surface area contributed by atoms with Crippen molar-refractivity contribution in [2.75, 3.05) is 0 Å². The van der Waals surface area contributed by atoms with Gasteiger partial charge in [0.1, 0.15) is 0 Å². The van der Waals surface area contributed by atoms with Gasteiger partial charge in [0, 0.05) is 41.6 Å². The standard InChI is InChI=1S/C64H38N6.Pt/c1-35-19-23-37(24-20-35)55-57-47-27-39-11-3-4-12-40(39)28-48(47)58(65-57)56(38-25-21-36(2)22-26-38)60-50-30-42-14-6-8-16-44(42)32-52(50)62(67-60)69-64-54-34-46-18-10-9-17-45(46)33-53(54)63(70-64)68-61-51-31-43-15-7-5-13-41(43)29-49(51)59(55)66-61;/h3-34H,1-2H3;/q-2;+2/i1D3,2D3;. The van der Waals surface area contributed by atoms with Gasteiger partial charge >= 0.3 is 21.1 Å². The fourth-order valence-corrected chi connectivity index (χ4v) is 10.7. The average molecular weight is 1090 g/mol. The third-order valence-electron chi connectivity index (χ3n) is 14.1. The molecule has 0 aliphatic carbocycles. The minimum absolute atomic E-state index is 0. The van der Waals surface area contributed by atoms with Gasteiger partial charge in [-0.05, 0) is 160 Å². The van der Waals surface area contributed by atoms with E-state index in [1.165, 1.54) is 0 Å². The van der Waals surface area contributed by atoms with Gasteiger partial charge < -0.3 is 19.9 Å². The molecule has 0 radical (unpaired) electrons. The molecule has 0 atom stereocenters. The quantitative estimate of drug-likeness (QED) is 0.172. The number of hydrogen-bond donors (Lipinski definition) is 0. The van der Waals surface area contributed by atoms with Gasteiger partial charge in [0.25, 0.3) is 0 Å². The van der Waals surface area contributed by atoms with Crippen molar-refractivity contribution in [2.45, 2.75) is 13.7 Å². The van der Waals surface area contributed by atoms with Gasteiger partial charge in [0.2, 0.25) is 0 Å². The molecule has 0 amide bonds. The van der Waals surface area contributed by atoms with Crippen molar-refractivity contribution < 1.29 is 29.3 Å². The Labute approximate surface area is 430 Å². The first kappa shape index (κ1) is 35.5. The van der Waals surface area contributed by atoms with Crippen molar-refractivity contribution in [1.29, 1.82) is 0 Å². The molecule has 334 valence electrons. The van der Waals surface area contributed by atoms with Gasteiger partial charge in [-0.15, -0.1) is 0 Å². The molecule has 7 heteroatoms. The Morgan fingerprint density at radius 2 is 0.662 bits per heavy atom. The molecule has 15 rings (SSSR count). The Morgan fingerprint density at radius 3 is 1.01 bits per heavy atom. The summed E-state index contributed by atoms with van der Waals surface area (Å²) >= 11 is 0. The average Bonchev–Trinajstić information content (AvgIpc) is 4.38. The Bertz CT molecular complexity index is 4550. The molecule has 3 aromatic heterocycles. The van der Waals surface area contributed by atoms with Gasteiger partial charge in [-0.25, -0.2) is 4.98 Å². The molecule has 13 aromatic rings.